The molecule has 9 heteroatoms. The summed E-state index contributed by atoms with van der Waals surface area (Å²) in [6, 6.07) is 14.0. The molecule has 2 aromatic carbocycles. The molecule has 5 rings (SSSR count). The summed E-state index contributed by atoms with van der Waals surface area (Å²) in [5, 5.41) is 4.17. The molecule has 1 fully saturated rings. The number of nitrogens with zero attached hydrogens (tertiary/aromatic N) is 4. The van der Waals surface area contributed by atoms with Crippen LogP contribution in [0.15, 0.2) is 54.7 Å². The topological polar surface area (TPSA) is 89.2 Å². The molecule has 0 amide bonds. The van der Waals surface area contributed by atoms with Crippen molar-refractivity contribution in [2.75, 3.05) is 42.3 Å². The molecule has 0 bridgehead atoms. The van der Waals surface area contributed by atoms with Gasteiger partial charge in [-0.05, 0) is 48.5 Å². The lowest BCUT2D eigenvalue weighted by molar-refractivity contribution is 0.122. The maximum absolute atomic E-state index is 14.5. The van der Waals surface area contributed by atoms with Crippen LogP contribution < -0.4 is 16.0 Å². The van der Waals surface area contributed by atoms with Crippen LogP contribution in [-0.4, -0.2) is 41.3 Å². The number of nitrogens with one attached hydrogen (secondary N) is 1. The number of rotatable bonds is 4. The zero-order valence-corrected chi connectivity index (χ0v) is 17.8. The molecule has 162 valence electrons. The van der Waals surface area contributed by atoms with Gasteiger partial charge in [0.1, 0.15) is 17.2 Å². The lowest BCUT2D eigenvalue weighted by Gasteiger charge is -2.28. The van der Waals surface area contributed by atoms with Crippen molar-refractivity contribution in [3.05, 3.63) is 65.6 Å². The fraction of sp³-hybridized carbons (Fsp3) is 0.174. The Balaban J connectivity index is 1.49. The van der Waals surface area contributed by atoms with Crippen molar-refractivity contribution in [2.45, 2.75) is 0 Å². The van der Waals surface area contributed by atoms with Crippen molar-refractivity contribution < 1.29 is 9.13 Å². The van der Waals surface area contributed by atoms with Crippen LogP contribution in [-0.2, 0) is 4.74 Å². The Morgan fingerprint density at radius 3 is 2.59 bits per heavy atom. The Labute approximate surface area is 189 Å². The van der Waals surface area contributed by atoms with Gasteiger partial charge in [0.2, 0.25) is 5.95 Å². The van der Waals surface area contributed by atoms with E-state index in [-0.39, 0.29) is 11.4 Å². The Hall–Kier alpha value is -3.49. The van der Waals surface area contributed by atoms with Gasteiger partial charge in [0, 0.05) is 46.6 Å². The second-order valence-corrected chi connectivity index (χ2v) is 7.82. The molecule has 0 aliphatic carbocycles. The van der Waals surface area contributed by atoms with Crippen LogP contribution in [0.1, 0.15) is 0 Å². The summed E-state index contributed by atoms with van der Waals surface area (Å²) in [4.78, 5) is 15.6. The van der Waals surface area contributed by atoms with Crippen LogP contribution >= 0.6 is 11.6 Å². The molecule has 7 nitrogen and oxygen atoms in total. The second kappa shape index (κ2) is 8.57. The molecule has 32 heavy (non-hydrogen) atoms. The van der Waals surface area contributed by atoms with Crippen molar-refractivity contribution in [1.82, 2.24) is 15.0 Å². The molecular weight excluding hydrogens is 431 g/mol. The third-order valence-electron chi connectivity index (χ3n) is 5.33. The molecule has 3 N–H and O–H groups in total. The summed E-state index contributed by atoms with van der Waals surface area (Å²) in [6.45, 7) is 3.20. The maximum Gasteiger partial charge on any atom is 0.229 e. The molecule has 0 spiro atoms. The summed E-state index contributed by atoms with van der Waals surface area (Å²) in [5.41, 5.74) is 9.16. The minimum atomic E-state index is -0.445. The van der Waals surface area contributed by atoms with Crippen molar-refractivity contribution in [2.24, 2.45) is 0 Å². The zero-order chi connectivity index (χ0) is 22.1. The zero-order valence-electron chi connectivity index (χ0n) is 17.1. The minimum Gasteiger partial charge on any atom is -0.383 e. The van der Waals surface area contributed by atoms with Crippen LogP contribution in [0.3, 0.4) is 0 Å². The van der Waals surface area contributed by atoms with Gasteiger partial charge < -0.3 is 20.7 Å². The Morgan fingerprint density at radius 1 is 1.03 bits per heavy atom. The molecule has 4 aromatic rings. The molecule has 0 atom stereocenters. The van der Waals surface area contributed by atoms with E-state index in [2.05, 4.69) is 25.2 Å². The highest BCUT2D eigenvalue weighted by Crippen LogP contribution is 2.32. The standard InChI is InChI=1S/C23H20ClFN6O/c24-14-1-6-19(25)18(13-14)20-21-17(7-8-27-20)22(26)30-23(29-21)28-15-2-4-16(5-3-15)31-9-11-32-12-10-31/h1-8,13H,9-12H2,(H3,26,28,29,30). The molecule has 1 aliphatic heterocycles. The predicted octanol–water partition coefficient (Wildman–Crippen LogP) is 4.65. The van der Waals surface area contributed by atoms with E-state index in [1.807, 2.05) is 24.3 Å². The molecule has 3 heterocycles. The average molecular weight is 451 g/mol. The average Bonchev–Trinajstić information content (AvgIpc) is 2.81. The number of anilines is 4. The highest BCUT2D eigenvalue weighted by Gasteiger charge is 2.16. The van der Waals surface area contributed by atoms with E-state index in [0.29, 0.717) is 27.6 Å². The van der Waals surface area contributed by atoms with Gasteiger partial charge in [0.15, 0.2) is 0 Å². The normalized spacial score (nSPS) is 14.0. The van der Waals surface area contributed by atoms with E-state index in [0.717, 1.165) is 37.7 Å². The van der Waals surface area contributed by atoms with Gasteiger partial charge in [0.05, 0.1) is 18.9 Å². The first-order valence-corrected chi connectivity index (χ1v) is 10.5. The molecule has 1 saturated heterocycles. The quantitative estimate of drug-likeness (QED) is 0.468. The molecule has 1 aliphatic rings. The largest absolute Gasteiger partial charge is 0.383 e. The van der Waals surface area contributed by atoms with E-state index < -0.39 is 5.82 Å². The van der Waals surface area contributed by atoms with Crippen molar-refractivity contribution in [3.8, 4) is 11.3 Å². The number of morpholine rings is 1. The first-order chi connectivity index (χ1) is 15.6. The van der Waals surface area contributed by atoms with Gasteiger partial charge in [-0.1, -0.05) is 11.6 Å². The third kappa shape index (κ3) is 4.02. The number of nitrogen functional groups attached to an aromatic ring is 1. The summed E-state index contributed by atoms with van der Waals surface area (Å²) >= 11 is 6.08. The molecule has 0 radical (unpaired) electrons. The van der Waals surface area contributed by atoms with E-state index in [9.17, 15) is 4.39 Å². The molecular formula is C23H20ClFN6O. The SMILES string of the molecule is Nc1nc(Nc2ccc(N3CCOCC3)cc2)nc2c(-c3cc(Cl)ccc3F)nccc12. The van der Waals surface area contributed by atoms with Crippen LogP contribution in [0.2, 0.25) is 5.02 Å². The number of benzene rings is 2. The van der Waals surface area contributed by atoms with Crippen LogP contribution in [0.5, 0.6) is 0 Å². The number of hydrogen-bond donors (Lipinski definition) is 2. The summed E-state index contributed by atoms with van der Waals surface area (Å²) in [7, 11) is 0. The predicted molar refractivity (Wildman–Crippen MR) is 125 cm³/mol. The van der Waals surface area contributed by atoms with Crippen molar-refractivity contribution in [1.29, 1.82) is 0 Å². The number of halogens is 2. The second-order valence-electron chi connectivity index (χ2n) is 7.38. The Bertz CT molecular complexity index is 1280. The van der Waals surface area contributed by atoms with Gasteiger partial charge in [-0.3, -0.25) is 4.98 Å². The van der Waals surface area contributed by atoms with E-state index in [1.54, 1.807) is 12.3 Å². The molecule has 0 saturated carbocycles. The van der Waals surface area contributed by atoms with Crippen molar-refractivity contribution in [3.63, 3.8) is 0 Å². The Kier molecular flexibility index (Phi) is 5.46. The molecule has 2 aromatic heterocycles. The lowest BCUT2D eigenvalue weighted by atomic mass is 10.1. The number of fused-ring (bicyclic) bond motifs is 1. The minimum absolute atomic E-state index is 0.252. The van der Waals surface area contributed by atoms with Crippen LogP contribution in [0.25, 0.3) is 22.2 Å². The van der Waals surface area contributed by atoms with Gasteiger partial charge in [0.25, 0.3) is 0 Å². The maximum atomic E-state index is 14.5. The monoisotopic (exact) mass is 450 g/mol. The number of aromatic nitrogens is 3. The highest BCUT2D eigenvalue weighted by atomic mass is 35.5. The third-order valence-corrected chi connectivity index (χ3v) is 5.56. The van der Waals surface area contributed by atoms with Crippen molar-refractivity contribution >= 4 is 45.6 Å². The number of nitrogens with two attached hydrogens (primary N) is 1. The van der Waals surface area contributed by atoms with E-state index >= 15 is 0 Å². The number of ether oxygens (including phenoxy) is 1. The van der Waals surface area contributed by atoms with Gasteiger partial charge in [-0.15, -0.1) is 0 Å². The first kappa shape index (κ1) is 20.4. The fourth-order valence-electron chi connectivity index (χ4n) is 3.72. The van der Waals surface area contributed by atoms with E-state index in [4.69, 9.17) is 22.1 Å². The lowest BCUT2D eigenvalue weighted by Crippen LogP contribution is -2.36. The summed E-state index contributed by atoms with van der Waals surface area (Å²) in [5.74, 6) is 0.124. The van der Waals surface area contributed by atoms with Gasteiger partial charge in [-0.25, -0.2) is 9.37 Å². The molecule has 0 unspecified atom stereocenters. The van der Waals surface area contributed by atoms with Gasteiger partial charge in [-0.2, -0.15) is 4.98 Å². The smallest absolute Gasteiger partial charge is 0.229 e. The van der Waals surface area contributed by atoms with E-state index in [1.165, 1.54) is 18.2 Å². The highest BCUT2D eigenvalue weighted by molar-refractivity contribution is 6.30. The number of hydrogen-bond acceptors (Lipinski definition) is 7. The summed E-state index contributed by atoms with van der Waals surface area (Å²) < 4.78 is 19.9. The Morgan fingerprint density at radius 2 is 1.81 bits per heavy atom. The van der Waals surface area contributed by atoms with Crippen LogP contribution in [0, 0.1) is 5.82 Å². The van der Waals surface area contributed by atoms with Crippen LogP contribution in [0.4, 0.5) is 27.5 Å². The van der Waals surface area contributed by atoms with Gasteiger partial charge >= 0.3 is 0 Å². The summed E-state index contributed by atoms with van der Waals surface area (Å²) in [6.07, 6.45) is 1.55. The first-order valence-electron chi connectivity index (χ1n) is 10.2. The fourth-order valence-corrected chi connectivity index (χ4v) is 3.89. The number of pyridine rings is 1.